The Morgan fingerprint density at radius 1 is 1.29 bits per heavy atom. The number of aromatic nitrogens is 3. The molecule has 0 radical (unpaired) electrons. The van der Waals surface area contributed by atoms with Crippen molar-refractivity contribution in [2.75, 3.05) is 13.1 Å². The van der Waals surface area contributed by atoms with Gasteiger partial charge in [-0.3, -0.25) is 9.78 Å². The zero-order valence-electron chi connectivity index (χ0n) is 13.0. The zero-order valence-corrected chi connectivity index (χ0v) is 13.8. The lowest BCUT2D eigenvalue weighted by Gasteiger charge is -2.32. The molecule has 1 amide bonds. The van der Waals surface area contributed by atoms with E-state index >= 15 is 0 Å². The Bertz CT molecular complexity index is 852. The van der Waals surface area contributed by atoms with Gasteiger partial charge in [0.1, 0.15) is 6.10 Å². The normalized spacial score (nSPS) is 17.8. The van der Waals surface area contributed by atoms with E-state index in [2.05, 4.69) is 15.0 Å². The van der Waals surface area contributed by atoms with Crippen molar-refractivity contribution in [3.05, 3.63) is 47.9 Å². The van der Waals surface area contributed by atoms with Crippen LogP contribution in [0.25, 0.3) is 10.2 Å². The van der Waals surface area contributed by atoms with Crippen LogP contribution in [0.15, 0.2) is 42.3 Å². The molecule has 1 saturated heterocycles. The van der Waals surface area contributed by atoms with Gasteiger partial charge < -0.3 is 9.64 Å². The van der Waals surface area contributed by atoms with Gasteiger partial charge in [-0.05, 0) is 31.0 Å². The van der Waals surface area contributed by atoms with Crippen LogP contribution in [0.1, 0.15) is 23.2 Å². The van der Waals surface area contributed by atoms with Gasteiger partial charge in [-0.1, -0.05) is 0 Å². The monoisotopic (exact) mass is 340 g/mol. The highest BCUT2D eigenvalue weighted by Gasteiger charge is 2.26. The molecular formula is C17H16N4O2S. The Kier molecular flexibility index (Phi) is 4.08. The fraction of sp³-hybridized carbons (Fsp3) is 0.294. The van der Waals surface area contributed by atoms with Crippen LogP contribution in [0.5, 0.6) is 5.88 Å². The molecule has 1 fully saturated rings. The van der Waals surface area contributed by atoms with Crippen molar-refractivity contribution >= 4 is 27.5 Å². The van der Waals surface area contributed by atoms with Crippen molar-refractivity contribution in [2.24, 2.45) is 0 Å². The van der Waals surface area contributed by atoms with Gasteiger partial charge in [0.15, 0.2) is 0 Å². The van der Waals surface area contributed by atoms with Gasteiger partial charge in [-0.25, -0.2) is 9.97 Å². The Morgan fingerprint density at radius 2 is 2.25 bits per heavy atom. The fourth-order valence-electron chi connectivity index (χ4n) is 2.91. The smallest absolute Gasteiger partial charge is 0.254 e. The number of ether oxygens (including phenoxy) is 1. The van der Waals surface area contributed by atoms with Crippen molar-refractivity contribution in [3.8, 4) is 5.88 Å². The first-order valence-corrected chi connectivity index (χ1v) is 8.73. The second-order valence-electron chi connectivity index (χ2n) is 5.71. The lowest BCUT2D eigenvalue weighted by atomic mass is 10.1. The molecule has 1 atom stereocenters. The lowest BCUT2D eigenvalue weighted by Crippen LogP contribution is -2.44. The number of nitrogens with zero attached hydrogens (tertiary/aromatic N) is 4. The number of likely N-dealkylation sites (tertiary alicyclic amines) is 1. The number of amides is 1. The molecule has 7 heteroatoms. The van der Waals surface area contributed by atoms with Gasteiger partial charge in [-0.15, -0.1) is 11.3 Å². The van der Waals surface area contributed by atoms with Gasteiger partial charge in [0, 0.05) is 24.5 Å². The number of piperidine rings is 1. The molecule has 122 valence electrons. The van der Waals surface area contributed by atoms with Gasteiger partial charge in [-0.2, -0.15) is 0 Å². The predicted molar refractivity (Wildman–Crippen MR) is 91.2 cm³/mol. The molecule has 0 bridgehead atoms. The molecule has 24 heavy (non-hydrogen) atoms. The maximum absolute atomic E-state index is 12.8. The number of benzene rings is 1. The van der Waals surface area contributed by atoms with E-state index in [1.165, 1.54) is 0 Å². The van der Waals surface area contributed by atoms with E-state index < -0.39 is 0 Å². The highest BCUT2D eigenvalue weighted by molar-refractivity contribution is 7.16. The van der Waals surface area contributed by atoms with Crippen LogP contribution in [-0.2, 0) is 0 Å². The Balaban J connectivity index is 1.47. The summed E-state index contributed by atoms with van der Waals surface area (Å²) in [6.45, 7) is 1.32. The van der Waals surface area contributed by atoms with Crippen LogP contribution in [0, 0.1) is 0 Å². The minimum atomic E-state index is -0.0495. The van der Waals surface area contributed by atoms with Crippen LogP contribution in [-0.4, -0.2) is 45.0 Å². The van der Waals surface area contributed by atoms with Crippen molar-refractivity contribution in [2.45, 2.75) is 18.9 Å². The molecule has 0 aliphatic carbocycles. The molecule has 0 unspecified atom stereocenters. The SMILES string of the molecule is O=C(c1ccc2ncsc2c1)N1CCC[C@@H](Oc2cnccn2)C1. The molecule has 0 spiro atoms. The summed E-state index contributed by atoms with van der Waals surface area (Å²) >= 11 is 1.55. The first-order chi connectivity index (χ1) is 11.8. The number of hydrogen-bond acceptors (Lipinski definition) is 6. The number of fused-ring (bicyclic) bond motifs is 1. The third-order valence-electron chi connectivity index (χ3n) is 4.07. The van der Waals surface area contributed by atoms with E-state index in [0.29, 0.717) is 18.0 Å². The number of carbonyl (C=O) groups excluding carboxylic acids is 1. The van der Waals surface area contributed by atoms with Crippen LogP contribution < -0.4 is 4.74 Å². The molecule has 6 nitrogen and oxygen atoms in total. The molecule has 3 heterocycles. The Hall–Kier alpha value is -2.54. The number of carbonyl (C=O) groups is 1. The van der Waals surface area contributed by atoms with E-state index in [0.717, 1.165) is 29.6 Å². The van der Waals surface area contributed by atoms with Crippen LogP contribution in [0.2, 0.25) is 0 Å². The summed E-state index contributed by atoms with van der Waals surface area (Å²) in [5, 5.41) is 0. The van der Waals surface area contributed by atoms with Gasteiger partial charge in [0.25, 0.3) is 5.91 Å². The fourth-order valence-corrected chi connectivity index (χ4v) is 3.62. The molecule has 1 aliphatic rings. The van der Waals surface area contributed by atoms with Gasteiger partial charge >= 0.3 is 0 Å². The first kappa shape index (κ1) is 15.0. The molecular weight excluding hydrogens is 324 g/mol. The van der Waals surface area contributed by atoms with E-state index in [1.54, 1.807) is 35.4 Å². The zero-order chi connectivity index (χ0) is 16.4. The summed E-state index contributed by atoms with van der Waals surface area (Å²) in [5.41, 5.74) is 3.43. The summed E-state index contributed by atoms with van der Waals surface area (Å²) in [5.74, 6) is 0.542. The molecule has 4 rings (SSSR count). The van der Waals surface area contributed by atoms with Crippen molar-refractivity contribution in [1.29, 1.82) is 0 Å². The standard InChI is InChI=1S/C17H16N4O2S/c22-17(12-3-4-14-15(8-12)24-11-20-14)21-7-1-2-13(10-21)23-16-9-18-5-6-19-16/h3-6,8-9,11,13H,1-2,7,10H2/t13-/m1/s1. The quantitative estimate of drug-likeness (QED) is 0.733. The van der Waals surface area contributed by atoms with Crippen LogP contribution in [0.4, 0.5) is 0 Å². The van der Waals surface area contributed by atoms with Gasteiger partial charge in [0.2, 0.25) is 5.88 Å². The molecule has 0 saturated carbocycles. The summed E-state index contributed by atoms with van der Waals surface area (Å²) in [6.07, 6.45) is 6.59. The minimum Gasteiger partial charge on any atom is -0.471 e. The molecule has 2 aromatic heterocycles. The number of hydrogen-bond donors (Lipinski definition) is 0. The van der Waals surface area contributed by atoms with Gasteiger partial charge in [0.05, 0.1) is 28.5 Å². The Morgan fingerprint density at radius 3 is 3.12 bits per heavy atom. The predicted octanol–water partition coefficient (Wildman–Crippen LogP) is 2.77. The van der Waals surface area contributed by atoms with Crippen molar-refractivity contribution in [3.63, 3.8) is 0 Å². The minimum absolute atomic E-state index is 0.0396. The molecule has 1 aromatic carbocycles. The van der Waals surface area contributed by atoms with E-state index in [-0.39, 0.29) is 12.0 Å². The van der Waals surface area contributed by atoms with E-state index in [9.17, 15) is 4.79 Å². The summed E-state index contributed by atoms with van der Waals surface area (Å²) in [7, 11) is 0. The van der Waals surface area contributed by atoms with Crippen molar-refractivity contribution < 1.29 is 9.53 Å². The van der Waals surface area contributed by atoms with Crippen molar-refractivity contribution in [1.82, 2.24) is 19.9 Å². The second-order valence-corrected chi connectivity index (χ2v) is 6.60. The first-order valence-electron chi connectivity index (χ1n) is 7.85. The van der Waals surface area contributed by atoms with Crippen LogP contribution in [0.3, 0.4) is 0 Å². The highest BCUT2D eigenvalue weighted by atomic mass is 32.1. The maximum atomic E-state index is 12.8. The molecule has 1 aliphatic heterocycles. The maximum Gasteiger partial charge on any atom is 0.254 e. The lowest BCUT2D eigenvalue weighted by molar-refractivity contribution is 0.0527. The molecule has 3 aromatic rings. The number of thiazole rings is 1. The van der Waals surface area contributed by atoms with E-state index in [1.807, 2.05) is 23.1 Å². The number of rotatable bonds is 3. The Labute approximate surface area is 143 Å². The third kappa shape index (κ3) is 3.07. The average Bonchev–Trinajstić information content (AvgIpc) is 3.10. The second kappa shape index (κ2) is 6.52. The molecule has 0 N–H and O–H groups in total. The average molecular weight is 340 g/mol. The summed E-state index contributed by atoms with van der Waals surface area (Å²) in [6, 6.07) is 5.66. The third-order valence-corrected chi connectivity index (χ3v) is 4.86. The largest absolute Gasteiger partial charge is 0.471 e. The van der Waals surface area contributed by atoms with Crippen LogP contribution >= 0.6 is 11.3 Å². The summed E-state index contributed by atoms with van der Waals surface area (Å²) in [4.78, 5) is 27.0. The summed E-state index contributed by atoms with van der Waals surface area (Å²) < 4.78 is 6.89. The van der Waals surface area contributed by atoms with E-state index in [4.69, 9.17) is 4.74 Å². The topological polar surface area (TPSA) is 68.2 Å². The highest BCUT2D eigenvalue weighted by Crippen LogP contribution is 2.22.